The maximum absolute atomic E-state index is 11.5. The Morgan fingerprint density at radius 2 is 1.62 bits per heavy atom. The van der Waals surface area contributed by atoms with Gasteiger partial charge >= 0.3 is 82.9 Å². The molecular formula is C31H48NO6PSe. The predicted octanol–water partition coefficient (Wildman–Crippen LogP) is 8.15. The molecule has 0 unspecified atom stereocenters. The minimum absolute atomic E-state index is 0.154. The Morgan fingerprint density at radius 1 is 1.00 bits per heavy atom. The van der Waals surface area contributed by atoms with Crippen molar-refractivity contribution in [2.45, 2.75) is 106 Å². The van der Waals surface area contributed by atoms with Crippen LogP contribution >= 0.6 is 7.82 Å². The van der Waals surface area contributed by atoms with Crippen molar-refractivity contribution in [2.24, 2.45) is 0 Å². The number of rotatable bonds is 15. The van der Waals surface area contributed by atoms with E-state index in [4.69, 9.17) is 14.0 Å². The summed E-state index contributed by atoms with van der Waals surface area (Å²) in [6, 6.07) is 3.73. The van der Waals surface area contributed by atoms with Crippen LogP contribution in [0.2, 0.25) is 0 Å². The first-order valence-corrected chi connectivity index (χ1v) is 17.4. The fraction of sp³-hybridized carbons (Fsp3) is 0.581. The minimum atomic E-state index is -4.88. The topological polar surface area (TPSA) is 109 Å². The molecule has 9 heteroatoms. The summed E-state index contributed by atoms with van der Waals surface area (Å²) in [5, 5.41) is 9.51. The Bertz CT molecular complexity index is 1190. The van der Waals surface area contributed by atoms with Gasteiger partial charge in [-0.05, 0) is 31.9 Å². The molecule has 0 aliphatic heterocycles. The molecule has 0 saturated heterocycles. The van der Waals surface area contributed by atoms with Crippen LogP contribution in [0.3, 0.4) is 0 Å². The second-order valence-electron chi connectivity index (χ2n) is 9.86. The summed E-state index contributed by atoms with van der Waals surface area (Å²) in [5.41, 5.74) is 4.20. The van der Waals surface area contributed by atoms with Gasteiger partial charge in [0.1, 0.15) is 5.75 Å². The normalized spacial score (nSPS) is 11.5. The maximum atomic E-state index is 11.5. The van der Waals surface area contributed by atoms with E-state index in [0.29, 0.717) is 32.4 Å². The van der Waals surface area contributed by atoms with E-state index >= 15 is 0 Å². The van der Waals surface area contributed by atoms with Crippen LogP contribution in [0.15, 0.2) is 12.1 Å². The number of methoxy groups -OCH3 is 1. The van der Waals surface area contributed by atoms with E-state index in [-0.39, 0.29) is 22.6 Å². The molecular weight excluding hydrogens is 592 g/mol. The van der Waals surface area contributed by atoms with Crippen LogP contribution in [0.4, 0.5) is 0 Å². The number of nitriles is 1. The molecule has 0 amide bonds. The number of ether oxygens (including phenoxy) is 2. The SMILES string of the molecule is C/C=C(\C#N)c1c(OCCCCCCCCC)cc(C)c(OC)c1OP(=O)(O)O.CCCc1c(C)[se]c(C)c1C. The van der Waals surface area contributed by atoms with Gasteiger partial charge in [-0.15, -0.1) is 0 Å². The second-order valence-corrected chi connectivity index (χ2v) is 14.0. The van der Waals surface area contributed by atoms with E-state index < -0.39 is 7.82 Å². The number of hydrogen-bond donors (Lipinski definition) is 2. The van der Waals surface area contributed by atoms with E-state index in [1.165, 1.54) is 51.7 Å². The molecule has 7 nitrogen and oxygen atoms in total. The first kappa shape index (κ1) is 36.0. The van der Waals surface area contributed by atoms with Gasteiger partial charge in [0.05, 0.1) is 30.9 Å². The average molecular weight is 641 g/mol. The van der Waals surface area contributed by atoms with Gasteiger partial charge in [-0.25, -0.2) is 4.57 Å². The van der Waals surface area contributed by atoms with Gasteiger partial charge in [-0.3, -0.25) is 9.79 Å². The Balaban J connectivity index is 0.000000603. The van der Waals surface area contributed by atoms with Crippen molar-refractivity contribution in [2.75, 3.05) is 13.7 Å². The molecule has 0 bridgehead atoms. The standard InChI is InChI=1S/C21H32NO6P.C10H16Se/c1-5-7-8-9-10-11-12-13-27-18-14-16(3)20(26-4)21(28-29(23,24)25)19(18)17(6-2)15-22;1-5-6-10-7(2)8(3)11-9(10)4/h6,14H,5,7-13H2,1-4H3,(H2,23,24,25);5-6H2,1-4H3/b17-6+;. The van der Waals surface area contributed by atoms with E-state index in [2.05, 4.69) is 34.6 Å². The van der Waals surface area contributed by atoms with Gasteiger partial charge in [0.2, 0.25) is 0 Å². The molecule has 0 saturated carbocycles. The predicted molar refractivity (Wildman–Crippen MR) is 165 cm³/mol. The van der Waals surface area contributed by atoms with E-state index in [0.717, 1.165) is 19.3 Å². The number of benzene rings is 1. The van der Waals surface area contributed by atoms with Crippen molar-refractivity contribution in [1.82, 2.24) is 0 Å². The van der Waals surface area contributed by atoms with Crippen molar-refractivity contribution < 1.29 is 28.3 Å². The van der Waals surface area contributed by atoms with Gasteiger partial charge in [-0.1, -0.05) is 51.5 Å². The Kier molecular flexibility index (Phi) is 16.6. The van der Waals surface area contributed by atoms with E-state index in [9.17, 15) is 19.6 Å². The zero-order chi connectivity index (χ0) is 30.3. The van der Waals surface area contributed by atoms with Crippen molar-refractivity contribution >= 4 is 27.9 Å². The first-order chi connectivity index (χ1) is 18.9. The second kappa shape index (κ2) is 18.4. The summed E-state index contributed by atoms with van der Waals surface area (Å²) in [6.45, 7) is 15.1. The van der Waals surface area contributed by atoms with Crippen molar-refractivity contribution in [3.63, 3.8) is 0 Å². The summed E-state index contributed by atoms with van der Waals surface area (Å²) in [7, 11) is -3.50. The molecule has 0 aliphatic rings. The molecule has 0 spiro atoms. The Morgan fingerprint density at radius 3 is 2.10 bits per heavy atom. The fourth-order valence-electron chi connectivity index (χ4n) is 4.53. The first-order valence-electron chi connectivity index (χ1n) is 14.2. The van der Waals surface area contributed by atoms with Crippen LogP contribution in [0.1, 0.15) is 103 Å². The van der Waals surface area contributed by atoms with Gasteiger partial charge in [0, 0.05) is 0 Å². The molecule has 0 fully saturated rings. The molecule has 0 atom stereocenters. The molecule has 40 heavy (non-hydrogen) atoms. The Labute approximate surface area is 247 Å². The summed E-state index contributed by atoms with van der Waals surface area (Å²) in [5.74, 6) is 0.304. The van der Waals surface area contributed by atoms with Crippen molar-refractivity contribution in [3.05, 3.63) is 43.3 Å². The fourth-order valence-corrected chi connectivity index (χ4v) is 7.28. The molecule has 1 aromatic heterocycles. The number of hydrogen-bond acceptors (Lipinski definition) is 5. The third-order valence-electron chi connectivity index (χ3n) is 6.70. The van der Waals surface area contributed by atoms with Crippen molar-refractivity contribution in [1.29, 1.82) is 5.26 Å². The van der Waals surface area contributed by atoms with Crippen LogP contribution in [0.25, 0.3) is 5.57 Å². The third kappa shape index (κ3) is 11.5. The van der Waals surface area contributed by atoms with Gasteiger partial charge in [0.15, 0.2) is 11.5 Å². The number of phosphoric acid groups is 1. The molecule has 1 heterocycles. The van der Waals surface area contributed by atoms with Gasteiger partial charge in [0.25, 0.3) is 0 Å². The molecule has 2 aromatic rings. The number of phosphoric ester groups is 1. The number of unbranched alkanes of at least 4 members (excludes halogenated alkanes) is 6. The van der Waals surface area contributed by atoms with Crippen LogP contribution in [0, 0.1) is 39.0 Å². The van der Waals surface area contributed by atoms with Gasteiger partial charge < -0.3 is 14.0 Å². The monoisotopic (exact) mass is 641 g/mol. The van der Waals surface area contributed by atoms with E-state index in [1.807, 2.05) is 6.07 Å². The molecule has 2 rings (SSSR count). The van der Waals surface area contributed by atoms with Gasteiger partial charge in [-0.2, -0.15) is 5.26 Å². The molecule has 2 N–H and O–H groups in total. The van der Waals surface area contributed by atoms with Crippen LogP contribution < -0.4 is 14.0 Å². The summed E-state index contributed by atoms with van der Waals surface area (Å²) >= 11 is 0.689. The molecule has 0 aliphatic carbocycles. The zero-order valence-corrected chi connectivity index (χ0v) is 28.2. The third-order valence-corrected chi connectivity index (χ3v) is 9.56. The quantitative estimate of drug-likeness (QED) is 0.0875. The Hall–Kier alpha value is -2.00. The van der Waals surface area contributed by atoms with Crippen LogP contribution in [0.5, 0.6) is 17.2 Å². The van der Waals surface area contributed by atoms with Crippen LogP contribution in [-0.4, -0.2) is 38.0 Å². The average Bonchev–Trinajstić information content (AvgIpc) is 3.13. The number of nitrogens with zero attached hydrogens (tertiary/aromatic N) is 1. The van der Waals surface area contributed by atoms with E-state index in [1.54, 1.807) is 39.9 Å². The summed E-state index contributed by atoms with van der Waals surface area (Å²) in [4.78, 5) is 18.7. The molecule has 1 aromatic carbocycles. The van der Waals surface area contributed by atoms with Crippen LogP contribution in [-0.2, 0) is 11.0 Å². The number of allylic oxidation sites excluding steroid dienone is 2. The zero-order valence-electron chi connectivity index (χ0n) is 25.6. The summed E-state index contributed by atoms with van der Waals surface area (Å²) < 4.78 is 30.9. The summed E-state index contributed by atoms with van der Waals surface area (Å²) in [6.07, 6.45) is 12.1. The molecule has 224 valence electrons. The van der Waals surface area contributed by atoms with Crippen molar-refractivity contribution in [3.8, 4) is 23.3 Å². The number of aryl methyl sites for hydroxylation is 3. The molecule has 0 radical (unpaired) electrons.